The van der Waals surface area contributed by atoms with Gasteiger partial charge in [-0.25, -0.2) is 9.97 Å². The third kappa shape index (κ3) is 14.3. The molecule has 0 bridgehead atoms. The van der Waals surface area contributed by atoms with E-state index in [1.165, 1.54) is 17.7 Å². The summed E-state index contributed by atoms with van der Waals surface area (Å²) in [5.74, 6) is 1.00. The van der Waals surface area contributed by atoms with Gasteiger partial charge in [-0.1, -0.05) is 64.8 Å². The molecule has 23 heteroatoms. The second-order valence-electron chi connectivity index (χ2n) is 20.4. The van der Waals surface area contributed by atoms with E-state index >= 15 is 0 Å². The van der Waals surface area contributed by atoms with E-state index in [0.29, 0.717) is 55.4 Å². The number of nitrogens with one attached hydrogen (secondary N) is 4. The lowest BCUT2D eigenvalue weighted by Crippen LogP contribution is -2.58. The highest BCUT2D eigenvalue weighted by molar-refractivity contribution is 7.13. The molecule has 414 valence electrons. The van der Waals surface area contributed by atoms with Crippen molar-refractivity contribution in [3.05, 3.63) is 83.1 Å². The topological polar surface area (TPSA) is 259 Å². The molecule has 22 nitrogen and oxygen atoms in total. The number of aliphatic hydroxyl groups is 1. The fraction of sp³-hybridized carbons (Fsp3) is 0.537. The summed E-state index contributed by atoms with van der Waals surface area (Å²) in [6.07, 6.45) is 8.15. The SMILES string of the molecule is CC[C@@H]1c2nncn2-c2cnc(Nc3ccc(C(=O)NCCOCCOCCOCCOCC(=O)N[C@H](C(=O)N4C[C@H](O)C[C@H]4C(=O)NCc4ccc(-c5scnc5C)cc4)C(C)(C)C)cc3OC)nc2N1C1CCCC1. The predicted molar refractivity (Wildman–Crippen MR) is 288 cm³/mol. The lowest BCUT2D eigenvalue weighted by atomic mass is 9.85. The number of rotatable bonds is 26. The minimum absolute atomic E-state index is 0.0262. The van der Waals surface area contributed by atoms with Gasteiger partial charge in [0.05, 0.1) is 93.5 Å². The minimum Gasteiger partial charge on any atom is -0.495 e. The van der Waals surface area contributed by atoms with E-state index in [0.717, 1.165) is 58.3 Å². The van der Waals surface area contributed by atoms with Crippen LogP contribution in [0.1, 0.15) is 99.7 Å². The van der Waals surface area contributed by atoms with Gasteiger partial charge < -0.3 is 59.9 Å². The number of nitrogens with zero attached hydrogens (tertiary/aromatic N) is 8. The van der Waals surface area contributed by atoms with Gasteiger partial charge in [-0.05, 0) is 60.9 Å². The van der Waals surface area contributed by atoms with E-state index in [4.69, 9.17) is 28.7 Å². The Kier molecular flexibility index (Phi) is 19.6. The molecule has 4 amide bonds. The maximum absolute atomic E-state index is 14.0. The molecule has 0 unspecified atom stereocenters. The standard InChI is InChI=1S/C54H72N12O10S/c1-7-41-49-63-59-32-65(49)43-29-57-53(62-48(43)66(41)38-10-8-9-11-38)60-40-17-16-37(26-44(40)72-6)50(69)55-18-19-73-20-21-74-22-23-75-24-25-76-31-45(68)61-47(54(3,4)5)52(71)64-30-39(67)27-42(64)51(70)56-28-35-12-14-36(15-13-35)46-34(2)58-33-77-46/h12-17,26,29,32-33,38-39,41-42,47,67H,7-11,18-25,27-28,30-31H2,1-6H3,(H,55,69)(H,56,70)(H,61,68)(H,57,60,62)/t39-,41-,42+,47-/m1/s1. The Hall–Kier alpha value is -6.63. The van der Waals surface area contributed by atoms with Crippen molar-refractivity contribution in [3.8, 4) is 21.9 Å². The molecular formula is C54H72N12O10S. The number of benzene rings is 2. The van der Waals surface area contributed by atoms with Crippen LogP contribution in [0.25, 0.3) is 16.1 Å². The molecule has 2 aromatic carbocycles. The first-order chi connectivity index (χ1) is 37.2. The maximum Gasteiger partial charge on any atom is 0.251 e. The number of thiazole rings is 1. The fourth-order valence-corrected chi connectivity index (χ4v) is 10.7. The van der Waals surface area contributed by atoms with Gasteiger partial charge in [0.15, 0.2) is 11.6 Å². The number of amides is 4. The number of aliphatic hydroxyl groups excluding tert-OH is 1. The van der Waals surface area contributed by atoms with Crippen LogP contribution in [0.2, 0.25) is 0 Å². The quantitative estimate of drug-likeness (QED) is 0.0454. The molecule has 8 rings (SSSR count). The Bertz CT molecular complexity index is 2780. The van der Waals surface area contributed by atoms with Crippen LogP contribution in [0.4, 0.5) is 17.5 Å². The lowest BCUT2D eigenvalue weighted by Gasteiger charge is -2.40. The molecule has 1 saturated heterocycles. The molecule has 77 heavy (non-hydrogen) atoms. The molecule has 5 N–H and O–H groups in total. The number of hydrogen-bond donors (Lipinski definition) is 5. The van der Waals surface area contributed by atoms with Crippen LogP contribution in [0, 0.1) is 12.3 Å². The molecule has 1 aliphatic carbocycles. The third-order valence-corrected chi connectivity index (χ3v) is 14.8. The highest BCUT2D eigenvalue weighted by atomic mass is 32.1. The number of β-amino-alcohol motifs (C(OH)–C–C–N with tert-alkyl or cyclic N) is 1. The zero-order valence-corrected chi connectivity index (χ0v) is 45.6. The Balaban J connectivity index is 0.677. The second-order valence-corrected chi connectivity index (χ2v) is 21.2. The Morgan fingerprint density at radius 1 is 0.909 bits per heavy atom. The molecule has 0 spiro atoms. The first kappa shape index (κ1) is 56.6. The molecule has 0 radical (unpaired) electrons. The summed E-state index contributed by atoms with van der Waals surface area (Å²) < 4.78 is 30.0. The fourth-order valence-electron chi connectivity index (χ4n) is 9.91. The predicted octanol–water partition coefficient (Wildman–Crippen LogP) is 5.06. The first-order valence-corrected chi connectivity index (χ1v) is 27.3. The summed E-state index contributed by atoms with van der Waals surface area (Å²) in [5, 5.41) is 31.1. The number of anilines is 3. The van der Waals surface area contributed by atoms with Gasteiger partial charge in [-0.15, -0.1) is 21.5 Å². The maximum atomic E-state index is 14.0. The lowest BCUT2D eigenvalue weighted by molar-refractivity contribution is -0.144. The number of hydrogen-bond acceptors (Lipinski definition) is 18. The van der Waals surface area contributed by atoms with E-state index < -0.39 is 35.4 Å². The second kappa shape index (κ2) is 26.6. The summed E-state index contributed by atoms with van der Waals surface area (Å²) in [4.78, 5) is 72.3. The van der Waals surface area contributed by atoms with Crippen molar-refractivity contribution in [2.24, 2.45) is 5.41 Å². The summed E-state index contributed by atoms with van der Waals surface area (Å²) in [6, 6.07) is 11.5. The number of methoxy groups -OCH3 is 1. The summed E-state index contributed by atoms with van der Waals surface area (Å²) >= 11 is 1.57. The Morgan fingerprint density at radius 2 is 1.62 bits per heavy atom. The van der Waals surface area contributed by atoms with Gasteiger partial charge in [-0.3, -0.25) is 23.7 Å². The minimum atomic E-state index is -0.979. The number of carbonyl (C=O) groups excluding carboxylic acids is 4. The monoisotopic (exact) mass is 1080 g/mol. The average Bonchev–Trinajstić information content (AvgIpc) is 4.36. The van der Waals surface area contributed by atoms with Crippen molar-refractivity contribution < 1.29 is 48.0 Å². The largest absolute Gasteiger partial charge is 0.495 e. The first-order valence-electron chi connectivity index (χ1n) is 26.4. The van der Waals surface area contributed by atoms with Crippen LogP contribution in [-0.2, 0) is 39.9 Å². The number of ether oxygens (including phenoxy) is 5. The van der Waals surface area contributed by atoms with Crippen molar-refractivity contribution in [2.45, 2.75) is 110 Å². The average molecular weight is 1080 g/mol. The highest BCUT2D eigenvalue weighted by Crippen LogP contribution is 2.43. The van der Waals surface area contributed by atoms with Crippen molar-refractivity contribution in [2.75, 3.05) is 83.3 Å². The van der Waals surface area contributed by atoms with E-state index in [1.54, 1.807) is 49.2 Å². The molecule has 3 aromatic heterocycles. The molecular weight excluding hydrogens is 1010 g/mol. The van der Waals surface area contributed by atoms with E-state index in [9.17, 15) is 24.3 Å². The van der Waals surface area contributed by atoms with Crippen molar-refractivity contribution in [1.82, 2.24) is 50.6 Å². The number of aryl methyl sites for hydroxylation is 1. The van der Waals surface area contributed by atoms with Gasteiger partial charge in [0.25, 0.3) is 5.91 Å². The van der Waals surface area contributed by atoms with E-state index in [-0.39, 0.29) is 70.3 Å². The third-order valence-electron chi connectivity index (χ3n) is 13.9. The summed E-state index contributed by atoms with van der Waals surface area (Å²) in [6.45, 7) is 11.7. The number of likely N-dealkylation sites (tertiary alicyclic amines) is 1. The number of carbonyl (C=O) groups is 4. The van der Waals surface area contributed by atoms with Gasteiger partial charge in [-0.2, -0.15) is 4.98 Å². The van der Waals surface area contributed by atoms with Crippen molar-refractivity contribution >= 4 is 52.4 Å². The van der Waals surface area contributed by atoms with Crippen LogP contribution in [0.15, 0.2) is 60.5 Å². The van der Waals surface area contributed by atoms with Gasteiger partial charge >= 0.3 is 0 Å². The van der Waals surface area contributed by atoms with Crippen molar-refractivity contribution in [1.29, 1.82) is 0 Å². The van der Waals surface area contributed by atoms with Gasteiger partial charge in [0.1, 0.15) is 36.5 Å². The smallest absolute Gasteiger partial charge is 0.251 e. The Morgan fingerprint density at radius 3 is 2.30 bits per heavy atom. The van der Waals surface area contributed by atoms with Crippen molar-refractivity contribution in [3.63, 3.8) is 0 Å². The van der Waals surface area contributed by atoms with E-state index in [1.807, 2.05) is 62.0 Å². The molecule has 1 saturated carbocycles. The van der Waals surface area contributed by atoms with Crippen LogP contribution in [0.3, 0.4) is 0 Å². The molecule has 5 heterocycles. The molecule has 2 fully saturated rings. The molecule has 3 aliphatic rings. The normalized spacial score (nSPS) is 17.7. The highest BCUT2D eigenvalue weighted by Gasteiger charge is 2.45. The zero-order chi connectivity index (χ0) is 54.5. The van der Waals surface area contributed by atoms with Crippen LogP contribution in [0.5, 0.6) is 5.75 Å². The number of aromatic nitrogens is 6. The van der Waals surface area contributed by atoms with Gasteiger partial charge in [0.2, 0.25) is 23.7 Å². The summed E-state index contributed by atoms with van der Waals surface area (Å²) in [5.41, 5.74) is 5.87. The Labute approximate surface area is 453 Å². The molecule has 2 aliphatic heterocycles. The van der Waals surface area contributed by atoms with Gasteiger partial charge in [0, 0.05) is 37.7 Å². The van der Waals surface area contributed by atoms with Crippen LogP contribution >= 0.6 is 11.3 Å². The molecule has 4 atom stereocenters. The molecule has 5 aromatic rings. The summed E-state index contributed by atoms with van der Waals surface area (Å²) in [7, 11) is 1.55. The zero-order valence-electron chi connectivity index (χ0n) is 44.8. The van der Waals surface area contributed by atoms with E-state index in [2.05, 4.69) is 53.3 Å². The van der Waals surface area contributed by atoms with Crippen LogP contribution in [-0.4, -0.2) is 161 Å². The van der Waals surface area contributed by atoms with Crippen LogP contribution < -0.4 is 30.9 Å². The number of fused-ring (bicyclic) bond motifs is 3.